The molecule has 3 rings (SSSR count). The summed E-state index contributed by atoms with van der Waals surface area (Å²) < 4.78 is 0. The molecule has 1 fully saturated rings. The Balaban J connectivity index is 2.02. The molecule has 1 saturated carbocycles. The van der Waals surface area contributed by atoms with Gasteiger partial charge in [0.25, 0.3) is 11.6 Å². The fourth-order valence-electron chi connectivity index (χ4n) is 2.30. The maximum Gasteiger partial charge on any atom is 0.270 e. The lowest BCUT2D eigenvalue weighted by Gasteiger charge is -2.46. The molecule has 1 aliphatic carbocycles. The lowest BCUT2D eigenvalue weighted by molar-refractivity contribution is -0.384. The van der Waals surface area contributed by atoms with Gasteiger partial charge in [-0.25, -0.2) is 0 Å². The van der Waals surface area contributed by atoms with Gasteiger partial charge in [-0.05, 0) is 25.3 Å². The van der Waals surface area contributed by atoms with E-state index in [1.807, 2.05) is 0 Å². The predicted octanol–water partition coefficient (Wildman–Crippen LogP) is 1.63. The second-order valence-electron chi connectivity index (χ2n) is 4.50. The number of nitro groups is 1. The normalized spacial score (nSPS) is 19.9. The molecule has 0 unspecified atom stereocenters. The van der Waals surface area contributed by atoms with Crippen LogP contribution in [0.4, 0.5) is 11.4 Å². The van der Waals surface area contributed by atoms with E-state index >= 15 is 0 Å². The summed E-state index contributed by atoms with van der Waals surface area (Å²) in [6.45, 7) is 0. The van der Waals surface area contributed by atoms with Crippen LogP contribution in [0.2, 0.25) is 0 Å². The minimum atomic E-state index is -0.499. The third-order valence-electron chi connectivity index (χ3n) is 3.39. The van der Waals surface area contributed by atoms with Gasteiger partial charge in [-0.15, -0.1) is 0 Å². The Morgan fingerprint density at radius 3 is 2.65 bits per heavy atom. The Kier molecular flexibility index (Phi) is 1.89. The van der Waals surface area contributed by atoms with Crippen molar-refractivity contribution in [2.75, 3.05) is 5.32 Å². The number of hydrogen-bond acceptors (Lipinski definition) is 4. The van der Waals surface area contributed by atoms with Gasteiger partial charge in [-0.3, -0.25) is 14.9 Å². The van der Waals surface area contributed by atoms with Crippen molar-refractivity contribution in [1.29, 1.82) is 0 Å². The van der Waals surface area contributed by atoms with Gasteiger partial charge < -0.3 is 10.6 Å². The summed E-state index contributed by atoms with van der Waals surface area (Å²) in [5, 5.41) is 16.8. The number of nitrogens with zero attached hydrogens (tertiary/aromatic N) is 1. The number of carbonyl (C=O) groups is 1. The first-order chi connectivity index (χ1) is 8.10. The van der Waals surface area contributed by atoms with Crippen molar-refractivity contribution in [2.24, 2.45) is 0 Å². The number of rotatable bonds is 1. The van der Waals surface area contributed by atoms with Gasteiger partial charge in [0.1, 0.15) is 5.66 Å². The van der Waals surface area contributed by atoms with Crippen molar-refractivity contribution in [3.8, 4) is 0 Å². The molecule has 1 aromatic carbocycles. The van der Waals surface area contributed by atoms with E-state index in [1.54, 1.807) is 6.07 Å². The number of anilines is 1. The predicted molar refractivity (Wildman–Crippen MR) is 60.8 cm³/mol. The lowest BCUT2D eigenvalue weighted by atomic mass is 9.82. The van der Waals surface area contributed by atoms with E-state index in [0.717, 1.165) is 19.3 Å². The number of carbonyl (C=O) groups excluding carboxylic acids is 1. The summed E-state index contributed by atoms with van der Waals surface area (Å²) in [5.41, 5.74) is 0.640. The van der Waals surface area contributed by atoms with E-state index in [2.05, 4.69) is 10.6 Å². The van der Waals surface area contributed by atoms with Crippen molar-refractivity contribution in [1.82, 2.24) is 5.32 Å². The summed E-state index contributed by atoms with van der Waals surface area (Å²) in [5.74, 6) is -0.234. The molecule has 0 saturated heterocycles. The summed E-state index contributed by atoms with van der Waals surface area (Å²) in [4.78, 5) is 22.0. The van der Waals surface area contributed by atoms with Crippen molar-refractivity contribution >= 4 is 17.3 Å². The van der Waals surface area contributed by atoms with Gasteiger partial charge >= 0.3 is 0 Å². The molecule has 88 valence electrons. The minimum Gasteiger partial charge on any atom is -0.362 e. The Morgan fingerprint density at radius 1 is 1.29 bits per heavy atom. The summed E-state index contributed by atoms with van der Waals surface area (Å²) in [6, 6.07) is 4.33. The molecule has 0 atom stereocenters. The van der Waals surface area contributed by atoms with Gasteiger partial charge in [0.05, 0.1) is 10.5 Å². The Hall–Kier alpha value is -2.11. The molecule has 1 heterocycles. The molecule has 1 amide bonds. The molecule has 6 nitrogen and oxygen atoms in total. The Bertz CT molecular complexity index is 523. The smallest absolute Gasteiger partial charge is 0.270 e. The molecular formula is C11H11N3O3. The van der Waals surface area contributed by atoms with Gasteiger partial charge in [-0.2, -0.15) is 0 Å². The zero-order chi connectivity index (χ0) is 12.0. The first kappa shape index (κ1) is 10.1. The molecule has 1 spiro atoms. The first-order valence-electron chi connectivity index (χ1n) is 5.49. The van der Waals surface area contributed by atoms with Crippen LogP contribution in [0.5, 0.6) is 0 Å². The number of nitrogens with one attached hydrogen (secondary N) is 2. The van der Waals surface area contributed by atoms with Crippen LogP contribution in [0.1, 0.15) is 29.6 Å². The topological polar surface area (TPSA) is 84.3 Å². The fourth-order valence-corrected chi connectivity index (χ4v) is 2.30. The van der Waals surface area contributed by atoms with Gasteiger partial charge in [-0.1, -0.05) is 0 Å². The molecule has 0 bridgehead atoms. The summed E-state index contributed by atoms with van der Waals surface area (Å²) in [7, 11) is 0. The molecule has 1 aromatic rings. The van der Waals surface area contributed by atoms with Crippen molar-refractivity contribution < 1.29 is 9.72 Å². The monoisotopic (exact) mass is 233 g/mol. The minimum absolute atomic E-state index is 0.0646. The molecule has 0 aromatic heterocycles. The highest BCUT2D eigenvalue weighted by molar-refractivity contribution is 6.02. The molecular weight excluding hydrogens is 222 g/mol. The van der Waals surface area contributed by atoms with E-state index in [9.17, 15) is 14.9 Å². The lowest BCUT2D eigenvalue weighted by Crippen LogP contribution is -2.61. The highest BCUT2D eigenvalue weighted by Crippen LogP contribution is 2.38. The standard InChI is InChI=1S/C11H11N3O3/c15-10-8-6-7(14(16)17)2-3-9(8)12-11(13-10)4-1-5-11/h2-3,6,12H,1,4-5H2,(H,13,15). The SMILES string of the molecule is O=C1NC2(CCC2)Nc2ccc([N+](=O)[O-])cc21. The van der Waals surface area contributed by atoms with Crippen molar-refractivity contribution in [3.05, 3.63) is 33.9 Å². The van der Waals surface area contributed by atoms with Crippen molar-refractivity contribution in [3.63, 3.8) is 0 Å². The van der Waals surface area contributed by atoms with E-state index in [0.29, 0.717) is 11.3 Å². The van der Waals surface area contributed by atoms with E-state index in [1.165, 1.54) is 12.1 Å². The molecule has 2 aliphatic rings. The molecule has 1 aliphatic heterocycles. The van der Waals surface area contributed by atoms with Gasteiger partial charge in [0.2, 0.25) is 0 Å². The zero-order valence-corrected chi connectivity index (χ0v) is 9.03. The Morgan fingerprint density at radius 2 is 2.06 bits per heavy atom. The number of hydrogen-bond donors (Lipinski definition) is 2. The second-order valence-corrected chi connectivity index (χ2v) is 4.50. The van der Waals surface area contributed by atoms with Gasteiger partial charge in [0.15, 0.2) is 0 Å². The van der Waals surface area contributed by atoms with E-state index in [-0.39, 0.29) is 17.3 Å². The summed E-state index contributed by atoms with van der Waals surface area (Å²) in [6.07, 6.45) is 2.87. The van der Waals surface area contributed by atoms with Crippen LogP contribution in [0.15, 0.2) is 18.2 Å². The third-order valence-corrected chi connectivity index (χ3v) is 3.39. The summed E-state index contributed by atoms with van der Waals surface area (Å²) >= 11 is 0. The zero-order valence-electron chi connectivity index (χ0n) is 9.03. The maximum absolute atomic E-state index is 11.9. The van der Waals surface area contributed by atoms with Crippen LogP contribution in [0, 0.1) is 10.1 Å². The van der Waals surface area contributed by atoms with E-state index in [4.69, 9.17) is 0 Å². The quantitative estimate of drug-likeness (QED) is 0.570. The maximum atomic E-state index is 11.9. The average Bonchev–Trinajstić information content (AvgIpc) is 2.26. The molecule has 2 N–H and O–H groups in total. The highest BCUT2D eigenvalue weighted by atomic mass is 16.6. The van der Waals surface area contributed by atoms with Crippen LogP contribution in [-0.4, -0.2) is 16.5 Å². The number of nitro benzene ring substituents is 1. The van der Waals surface area contributed by atoms with Crippen LogP contribution in [0.25, 0.3) is 0 Å². The van der Waals surface area contributed by atoms with Crippen LogP contribution in [0.3, 0.4) is 0 Å². The number of fused-ring (bicyclic) bond motifs is 1. The highest BCUT2D eigenvalue weighted by Gasteiger charge is 2.42. The fraction of sp³-hybridized carbons (Fsp3) is 0.364. The van der Waals surface area contributed by atoms with Gasteiger partial charge in [0, 0.05) is 17.8 Å². The van der Waals surface area contributed by atoms with Crippen LogP contribution in [-0.2, 0) is 0 Å². The Labute approximate surface area is 97.2 Å². The number of amides is 1. The van der Waals surface area contributed by atoms with E-state index < -0.39 is 4.92 Å². The van der Waals surface area contributed by atoms with Crippen molar-refractivity contribution in [2.45, 2.75) is 24.9 Å². The first-order valence-corrected chi connectivity index (χ1v) is 5.49. The number of non-ortho nitro benzene ring substituents is 1. The average molecular weight is 233 g/mol. The second kappa shape index (κ2) is 3.19. The van der Waals surface area contributed by atoms with Crippen LogP contribution >= 0.6 is 0 Å². The molecule has 6 heteroatoms. The third kappa shape index (κ3) is 1.44. The van der Waals surface area contributed by atoms with Crippen LogP contribution < -0.4 is 10.6 Å². The molecule has 0 radical (unpaired) electrons. The largest absolute Gasteiger partial charge is 0.362 e. The number of benzene rings is 1. The molecule has 17 heavy (non-hydrogen) atoms.